The average molecular weight is 282 g/mol. The van der Waals surface area contributed by atoms with Gasteiger partial charge in [-0.05, 0) is 18.9 Å². The molecule has 1 aromatic heterocycles. The number of rotatable bonds is 9. The van der Waals surface area contributed by atoms with E-state index < -0.39 is 11.8 Å². The molecule has 0 aliphatic carbocycles. The Morgan fingerprint density at radius 2 is 1.85 bits per heavy atom. The number of hydrogen-bond acceptors (Lipinski definition) is 3. The van der Waals surface area contributed by atoms with Crippen molar-refractivity contribution in [1.82, 2.24) is 10.3 Å². The quantitative estimate of drug-likeness (QED) is 0.681. The molecule has 0 aliphatic heterocycles. The first-order valence-electron chi connectivity index (χ1n) is 6.70. The predicted octanol–water partition coefficient (Wildman–Crippen LogP) is 2.38. The van der Waals surface area contributed by atoms with Gasteiger partial charge in [0.25, 0.3) is 5.91 Å². The number of nitrogens with one attached hydrogen (secondary N) is 1. The van der Waals surface area contributed by atoms with Gasteiger partial charge in [0, 0.05) is 19.2 Å². The van der Waals surface area contributed by atoms with Gasteiger partial charge in [0.05, 0.1) is 11.8 Å². The Morgan fingerprint density at radius 1 is 1.15 bits per heavy atom. The van der Waals surface area contributed by atoms with Gasteiger partial charge in [0.15, 0.2) is 0 Å². The van der Waals surface area contributed by atoms with Gasteiger partial charge in [-0.15, -0.1) is 0 Å². The minimum atomic E-state index is -0.763. The molecule has 0 spiro atoms. The highest BCUT2D eigenvalue weighted by Gasteiger charge is 2.05. The Labute approximate surface area is 117 Å². The Morgan fingerprint density at radius 3 is 2.55 bits per heavy atom. The number of carboxylic acid groups (broad SMARTS) is 1. The molecule has 0 saturated carbocycles. The summed E-state index contributed by atoms with van der Waals surface area (Å²) in [5, 5.41) is 11.2. The van der Waals surface area contributed by atoms with E-state index in [1.807, 2.05) is 0 Å². The summed E-state index contributed by atoms with van der Waals surface area (Å²) in [6.45, 7) is 0.522. The lowest BCUT2D eigenvalue weighted by atomic mass is 10.1. The van der Waals surface area contributed by atoms with E-state index in [9.17, 15) is 14.0 Å². The van der Waals surface area contributed by atoms with E-state index in [1.165, 1.54) is 6.20 Å². The predicted molar refractivity (Wildman–Crippen MR) is 71.9 cm³/mol. The van der Waals surface area contributed by atoms with E-state index in [4.69, 9.17) is 5.11 Å². The van der Waals surface area contributed by atoms with E-state index in [1.54, 1.807) is 0 Å². The van der Waals surface area contributed by atoms with Gasteiger partial charge in [0.1, 0.15) is 5.82 Å². The average Bonchev–Trinajstić information content (AvgIpc) is 2.41. The van der Waals surface area contributed by atoms with Crippen molar-refractivity contribution in [2.24, 2.45) is 0 Å². The Hall–Kier alpha value is -1.98. The molecule has 2 N–H and O–H groups in total. The van der Waals surface area contributed by atoms with Crippen LogP contribution in [0.5, 0.6) is 0 Å². The summed E-state index contributed by atoms with van der Waals surface area (Å²) in [7, 11) is 0. The number of aliphatic carboxylic acids is 1. The molecular weight excluding hydrogens is 263 g/mol. The number of hydrogen-bond donors (Lipinski definition) is 2. The van der Waals surface area contributed by atoms with Crippen molar-refractivity contribution in [2.45, 2.75) is 38.5 Å². The molecule has 0 aliphatic rings. The van der Waals surface area contributed by atoms with E-state index in [0.717, 1.165) is 37.9 Å². The van der Waals surface area contributed by atoms with Crippen molar-refractivity contribution in [1.29, 1.82) is 0 Å². The third kappa shape index (κ3) is 6.82. The standard InChI is InChI=1S/C14H19FN2O3/c15-12-8-11(9-16-10-12)14(20)17-7-5-3-1-2-4-6-13(18)19/h8-10H,1-7H2,(H,17,20)(H,18,19). The highest BCUT2D eigenvalue weighted by atomic mass is 19.1. The Bertz CT molecular complexity index is 452. The first kappa shape index (κ1) is 16.1. The molecule has 1 rings (SSSR count). The fraction of sp³-hybridized carbons (Fsp3) is 0.500. The molecule has 1 amide bonds. The molecule has 0 saturated heterocycles. The van der Waals surface area contributed by atoms with Crippen molar-refractivity contribution in [3.05, 3.63) is 29.8 Å². The van der Waals surface area contributed by atoms with Crippen LogP contribution in [0.15, 0.2) is 18.5 Å². The topological polar surface area (TPSA) is 79.3 Å². The second-order valence-corrected chi connectivity index (χ2v) is 4.56. The van der Waals surface area contributed by atoms with Gasteiger partial charge >= 0.3 is 5.97 Å². The summed E-state index contributed by atoms with van der Waals surface area (Å²) in [6.07, 6.45) is 6.86. The second kappa shape index (κ2) is 9.01. The van der Waals surface area contributed by atoms with Crippen molar-refractivity contribution in [3.8, 4) is 0 Å². The zero-order chi connectivity index (χ0) is 14.8. The summed E-state index contributed by atoms with van der Waals surface area (Å²) >= 11 is 0. The van der Waals surface area contributed by atoms with Crippen LogP contribution in [-0.2, 0) is 4.79 Å². The number of aromatic nitrogens is 1. The first-order valence-corrected chi connectivity index (χ1v) is 6.70. The minimum Gasteiger partial charge on any atom is -0.481 e. The molecular formula is C14H19FN2O3. The van der Waals surface area contributed by atoms with Crippen molar-refractivity contribution in [3.63, 3.8) is 0 Å². The number of halogens is 1. The molecule has 0 unspecified atom stereocenters. The molecule has 110 valence electrons. The number of nitrogens with zero attached hydrogens (tertiary/aromatic N) is 1. The van der Waals surface area contributed by atoms with Crippen LogP contribution in [0.4, 0.5) is 4.39 Å². The lowest BCUT2D eigenvalue weighted by molar-refractivity contribution is -0.137. The largest absolute Gasteiger partial charge is 0.481 e. The normalized spacial score (nSPS) is 10.2. The van der Waals surface area contributed by atoms with Crippen LogP contribution in [0.3, 0.4) is 0 Å². The van der Waals surface area contributed by atoms with E-state index in [-0.39, 0.29) is 17.9 Å². The maximum Gasteiger partial charge on any atom is 0.303 e. The van der Waals surface area contributed by atoms with Crippen molar-refractivity contribution >= 4 is 11.9 Å². The lowest BCUT2D eigenvalue weighted by Crippen LogP contribution is -2.24. The van der Waals surface area contributed by atoms with Crippen LogP contribution in [-0.4, -0.2) is 28.5 Å². The first-order chi connectivity index (χ1) is 9.59. The number of carbonyl (C=O) groups is 2. The number of carboxylic acids is 1. The van der Waals surface area contributed by atoms with Gasteiger partial charge in [-0.1, -0.05) is 19.3 Å². The highest BCUT2D eigenvalue weighted by molar-refractivity contribution is 5.93. The number of carbonyl (C=O) groups excluding carboxylic acids is 1. The smallest absolute Gasteiger partial charge is 0.303 e. The van der Waals surface area contributed by atoms with Crippen molar-refractivity contribution < 1.29 is 19.1 Å². The highest BCUT2D eigenvalue weighted by Crippen LogP contribution is 2.05. The third-order valence-electron chi connectivity index (χ3n) is 2.82. The monoisotopic (exact) mass is 282 g/mol. The van der Waals surface area contributed by atoms with Gasteiger partial charge in [0.2, 0.25) is 0 Å². The number of unbranched alkanes of at least 4 members (excludes halogenated alkanes) is 4. The molecule has 0 radical (unpaired) electrons. The van der Waals surface area contributed by atoms with Crippen LogP contribution in [0.25, 0.3) is 0 Å². The van der Waals surface area contributed by atoms with Gasteiger partial charge in [-0.3, -0.25) is 14.6 Å². The maximum absolute atomic E-state index is 12.9. The molecule has 20 heavy (non-hydrogen) atoms. The molecule has 0 bridgehead atoms. The number of amides is 1. The van der Waals surface area contributed by atoms with E-state index in [2.05, 4.69) is 10.3 Å². The van der Waals surface area contributed by atoms with Crippen LogP contribution < -0.4 is 5.32 Å². The van der Waals surface area contributed by atoms with Crippen molar-refractivity contribution in [2.75, 3.05) is 6.54 Å². The van der Waals surface area contributed by atoms with Gasteiger partial charge < -0.3 is 10.4 Å². The molecule has 0 aromatic carbocycles. The van der Waals surface area contributed by atoms with E-state index >= 15 is 0 Å². The van der Waals surface area contributed by atoms with Gasteiger partial charge in [-0.2, -0.15) is 0 Å². The molecule has 5 nitrogen and oxygen atoms in total. The summed E-state index contributed by atoms with van der Waals surface area (Å²) < 4.78 is 12.9. The second-order valence-electron chi connectivity index (χ2n) is 4.56. The Balaban J connectivity index is 2.06. The number of pyridine rings is 1. The summed E-state index contributed by atoms with van der Waals surface area (Å²) in [4.78, 5) is 25.5. The van der Waals surface area contributed by atoms with Crippen LogP contribution in [0, 0.1) is 5.82 Å². The zero-order valence-electron chi connectivity index (χ0n) is 11.3. The van der Waals surface area contributed by atoms with Crippen LogP contribution >= 0.6 is 0 Å². The summed E-state index contributed by atoms with van der Waals surface area (Å²) in [6, 6.07) is 1.15. The SMILES string of the molecule is O=C(O)CCCCCCCNC(=O)c1cncc(F)c1. The third-order valence-corrected chi connectivity index (χ3v) is 2.82. The maximum atomic E-state index is 12.9. The summed E-state index contributed by atoms with van der Waals surface area (Å²) in [5.74, 6) is -1.63. The van der Waals surface area contributed by atoms with Gasteiger partial charge in [-0.25, -0.2) is 4.39 Å². The molecule has 0 fully saturated rings. The zero-order valence-corrected chi connectivity index (χ0v) is 11.3. The minimum absolute atomic E-state index is 0.212. The van der Waals surface area contributed by atoms with E-state index in [0.29, 0.717) is 13.0 Å². The Kier molecular flexibility index (Phi) is 7.24. The molecule has 0 atom stereocenters. The fourth-order valence-electron chi connectivity index (χ4n) is 1.77. The molecule has 1 heterocycles. The molecule has 6 heteroatoms. The summed E-state index contributed by atoms with van der Waals surface area (Å²) in [5.41, 5.74) is 0.214. The lowest BCUT2D eigenvalue weighted by Gasteiger charge is -2.05. The van der Waals surface area contributed by atoms with Crippen LogP contribution in [0.2, 0.25) is 0 Å². The van der Waals surface area contributed by atoms with Crippen LogP contribution in [0.1, 0.15) is 48.9 Å². The fourth-order valence-corrected chi connectivity index (χ4v) is 1.77. The molecule has 1 aromatic rings.